The zero-order valence-corrected chi connectivity index (χ0v) is 21.9. The van der Waals surface area contributed by atoms with Gasteiger partial charge in [0.15, 0.2) is 5.65 Å². The van der Waals surface area contributed by atoms with Gasteiger partial charge in [-0.3, -0.25) is 9.69 Å². The van der Waals surface area contributed by atoms with Gasteiger partial charge in [-0.05, 0) is 66.7 Å². The number of anilines is 1. The lowest BCUT2D eigenvalue weighted by atomic mass is 10.0. The van der Waals surface area contributed by atoms with Gasteiger partial charge in [0.2, 0.25) is 0 Å². The van der Waals surface area contributed by atoms with Gasteiger partial charge in [-0.1, -0.05) is 17.3 Å². The molecule has 0 bridgehead atoms. The molecule has 0 aliphatic carbocycles. The molecule has 11 heteroatoms. The van der Waals surface area contributed by atoms with E-state index in [0.29, 0.717) is 29.2 Å². The van der Waals surface area contributed by atoms with Crippen molar-refractivity contribution in [2.75, 3.05) is 18.0 Å². The van der Waals surface area contributed by atoms with Crippen LogP contribution in [0.5, 0.6) is 0 Å². The number of aromatic nitrogens is 7. The van der Waals surface area contributed by atoms with Crippen LogP contribution >= 0.6 is 0 Å². The maximum atomic E-state index is 15.8. The van der Waals surface area contributed by atoms with E-state index in [1.165, 1.54) is 23.1 Å². The van der Waals surface area contributed by atoms with Crippen LogP contribution in [0.25, 0.3) is 38.8 Å². The summed E-state index contributed by atoms with van der Waals surface area (Å²) in [6.45, 7) is 1.44. The lowest BCUT2D eigenvalue weighted by molar-refractivity contribution is 0.0968. The van der Waals surface area contributed by atoms with Gasteiger partial charge in [-0.2, -0.15) is 4.68 Å². The Labute approximate surface area is 233 Å². The molecule has 1 fully saturated rings. The molecule has 0 saturated carbocycles. The highest BCUT2D eigenvalue weighted by Crippen LogP contribution is 2.33. The van der Waals surface area contributed by atoms with Crippen molar-refractivity contribution in [3.8, 4) is 16.8 Å². The zero-order valence-electron chi connectivity index (χ0n) is 21.9. The normalized spacial score (nSPS) is 15.3. The van der Waals surface area contributed by atoms with Crippen molar-refractivity contribution in [1.82, 2.24) is 40.2 Å². The number of pyridine rings is 2. The van der Waals surface area contributed by atoms with Crippen LogP contribution in [0.3, 0.4) is 0 Å². The molecule has 1 amide bonds. The van der Waals surface area contributed by atoms with Gasteiger partial charge in [0.1, 0.15) is 23.5 Å². The van der Waals surface area contributed by atoms with E-state index < -0.39 is 11.7 Å². The summed E-state index contributed by atoms with van der Waals surface area (Å²) in [7, 11) is 0. The Balaban J connectivity index is 1.32. The molecular weight excluding hydrogens is 521 g/mol. The Morgan fingerprint density at radius 3 is 2.73 bits per heavy atom. The van der Waals surface area contributed by atoms with Crippen molar-refractivity contribution < 1.29 is 9.18 Å². The van der Waals surface area contributed by atoms with Gasteiger partial charge in [0.05, 0.1) is 17.3 Å². The van der Waals surface area contributed by atoms with E-state index in [-0.39, 0.29) is 11.6 Å². The fourth-order valence-corrected chi connectivity index (χ4v) is 5.34. The second-order valence-corrected chi connectivity index (χ2v) is 9.88. The quantitative estimate of drug-likeness (QED) is 0.340. The second-order valence-electron chi connectivity index (χ2n) is 9.88. The van der Waals surface area contributed by atoms with Crippen LogP contribution in [0.4, 0.5) is 10.2 Å². The molecule has 1 saturated heterocycles. The molecule has 1 atom stereocenters. The summed E-state index contributed by atoms with van der Waals surface area (Å²) in [4.78, 5) is 33.1. The van der Waals surface area contributed by atoms with Crippen LogP contribution in [-0.4, -0.2) is 60.0 Å². The number of carbonyl (C=O) groups is 1. The molecule has 202 valence electrons. The average Bonchev–Trinajstić information content (AvgIpc) is 3.46. The van der Waals surface area contributed by atoms with E-state index >= 15 is 4.39 Å². The highest BCUT2D eigenvalue weighted by molar-refractivity contribution is 6.11. The minimum atomic E-state index is -0.664. The van der Waals surface area contributed by atoms with Crippen LogP contribution < -0.4 is 10.2 Å². The summed E-state index contributed by atoms with van der Waals surface area (Å²) >= 11 is 0. The number of hydrogen-bond donors (Lipinski definition) is 1. The van der Waals surface area contributed by atoms with Gasteiger partial charge in [-0.25, -0.2) is 24.3 Å². The Hall–Kier alpha value is -5.16. The van der Waals surface area contributed by atoms with Gasteiger partial charge < -0.3 is 5.32 Å². The minimum Gasteiger partial charge on any atom is -0.315 e. The molecule has 0 radical (unpaired) electrons. The predicted molar refractivity (Wildman–Crippen MR) is 152 cm³/mol. The number of nitrogens with one attached hydrogen (secondary N) is 1. The first kappa shape index (κ1) is 24.9. The maximum Gasteiger partial charge on any atom is 0.262 e. The molecule has 0 spiro atoms. The number of halogens is 1. The lowest BCUT2D eigenvalue weighted by Gasteiger charge is -2.34. The van der Waals surface area contributed by atoms with Crippen LogP contribution in [0.1, 0.15) is 23.2 Å². The van der Waals surface area contributed by atoms with E-state index in [2.05, 4.69) is 35.6 Å². The zero-order chi connectivity index (χ0) is 27.8. The highest BCUT2D eigenvalue weighted by Gasteiger charge is 2.31. The Bertz CT molecular complexity index is 1890. The standard InChI is InChI=1S/C30H24FN9O/c31-26-14-22(40-29-27(37-38-40)4-2-11-35-29)7-8-24(26)30(41)39(23-3-1-10-32-17-23)28-25-13-20(21-15-33-18-34-16-21)6-5-19(25)9-12-36-28/h2,4-9,11-16,18,23,32H,1,3,10,17H2/t23-/m1/s1. The molecule has 1 N–H and O–H groups in total. The first-order valence-electron chi connectivity index (χ1n) is 13.3. The molecule has 2 aromatic carbocycles. The minimum absolute atomic E-state index is 0.0527. The Morgan fingerprint density at radius 1 is 1.00 bits per heavy atom. The SMILES string of the molecule is O=C(c1ccc(-n2nnc3cccnc32)cc1F)N(c1nccc2ccc(-c3cncnc3)cc12)[C@@H]1CCCNC1. The molecule has 1 aliphatic heterocycles. The van der Waals surface area contributed by atoms with E-state index in [1.54, 1.807) is 47.9 Å². The number of rotatable bonds is 5. The van der Waals surface area contributed by atoms with Crippen molar-refractivity contribution in [1.29, 1.82) is 0 Å². The molecule has 5 heterocycles. The van der Waals surface area contributed by atoms with Crippen LogP contribution in [-0.2, 0) is 0 Å². The first-order chi connectivity index (χ1) is 20.2. The summed E-state index contributed by atoms with van der Waals surface area (Å²) in [5.74, 6) is -0.643. The Morgan fingerprint density at radius 2 is 1.90 bits per heavy atom. The largest absolute Gasteiger partial charge is 0.315 e. The number of fused-ring (bicyclic) bond motifs is 2. The van der Waals surface area contributed by atoms with E-state index in [9.17, 15) is 4.79 Å². The third-order valence-electron chi connectivity index (χ3n) is 7.36. The van der Waals surface area contributed by atoms with Crippen molar-refractivity contribution in [2.24, 2.45) is 0 Å². The fraction of sp³-hybridized carbons (Fsp3) is 0.167. The third kappa shape index (κ3) is 4.55. The van der Waals surface area contributed by atoms with E-state index in [4.69, 9.17) is 0 Å². The lowest BCUT2D eigenvalue weighted by Crippen LogP contribution is -2.49. The molecule has 10 nitrogen and oxygen atoms in total. The second kappa shape index (κ2) is 10.4. The maximum absolute atomic E-state index is 15.8. The summed E-state index contributed by atoms with van der Waals surface area (Å²) in [5.41, 5.74) is 3.20. The number of hydrogen-bond acceptors (Lipinski definition) is 8. The summed E-state index contributed by atoms with van der Waals surface area (Å²) in [6.07, 6.45) is 9.92. The van der Waals surface area contributed by atoms with Crippen LogP contribution in [0, 0.1) is 5.82 Å². The number of benzene rings is 2. The summed E-state index contributed by atoms with van der Waals surface area (Å²) in [6, 6.07) is 15.6. The van der Waals surface area contributed by atoms with Gasteiger partial charge in [0, 0.05) is 48.3 Å². The first-order valence-corrected chi connectivity index (χ1v) is 13.3. The topological polar surface area (TPSA) is 115 Å². The fourth-order valence-electron chi connectivity index (χ4n) is 5.34. The van der Waals surface area contributed by atoms with Crippen LogP contribution in [0.2, 0.25) is 0 Å². The molecular formula is C30H24FN9O. The van der Waals surface area contributed by atoms with Crippen molar-refractivity contribution in [2.45, 2.75) is 18.9 Å². The predicted octanol–water partition coefficient (Wildman–Crippen LogP) is 4.36. The molecule has 6 aromatic rings. The molecule has 1 aliphatic rings. The number of nitrogens with zero attached hydrogens (tertiary/aromatic N) is 8. The van der Waals surface area contributed by atoms with Gasteiger partial charge >= 0.3 is 0 Å². The molecule has 0 unspecified atom stereocenters. The molecule has 4 aromatic heterocycles. The van der Waals surface area contributed by atoms with E-state index in [1.807, 2.05) is 24.3 Å². The summed E-state index contributed by atoms with van der Waals surface area (Å²) < 4.78 is 17.2. The third-order valence-corrected chi connectivity index (χ3v) is 7.36. The number of carbonyl (C=O) groups excluding carboxylic acids is 1. The van der Waals surface area contributed by atoms with Crippen molar-refractivity contribution in [3.63, 3.8) is 0 Å². The van der Waals surface area contributed by atoms with Gasteiger partial charge in [0.25, 0.3) is 5.91 Å². The van der Waals surface area contributed by atoms with Crippen molar-refractivity contribution in [3.05, 3.63) is 97.1 Å². The molecule has 7 rings (SSSR count). The van der Waals surface area contributed by atoms with E-state index in [0.717, 1.165) is 41.3 Å². The summed E-state index contributed by atoms with van der Waals surface area (Å²) in [5, 5.41) is 13.3. The van der Waals surface area contributed by atoms with Crippen LogP contribution in [0.15, 0.2) is 85.7 Å². The monoisotopic (exact) mass is 545 g/mol. The van der Waals surface area contributed by atoms with Gasteiger partial charge in [-0.15, -0.1) is 5.10 Å². The Kier molecular flexibility index (Phi) is 6.32. The smallest absolute Gasteiger partial charge is 0.262 e. The number of amides is 1. The highest BCUT2D eigenvalue weighted by atomic mass is 19.1. The average molecular weight is 546 g/mol. The van der Waals surface area contributed by atoms with Crippen molar-refractivity contribution >= 4 is 33.7 Å². The molecule has 41 heavy (non-hydrogen) atoms. The number of piperidine rings is 1.